The van der Waals surface area contributed by atoms with E-state index < -0.39 is 11.6 Å². The summed E-state index contributed by atoms with van der Waals surface area (Å²) in [7, 11) is 2.97. The molecule has 0 radical (unpaired) electrons. The minimum absolute atomic E-state index is 0.133. The molecule has 1 fully saturated rings. The number of esters is 1. The van der Waals surface area contributed by atoms with Crippen LogP contribution in [0.25, 0.3) is 0 Å². The van der Waals surface area contributed by atoms with Crippen molar-refractivity contribution < 1.29 is 14.3 Å². The van der Waals surface area contributed by atoms with E-state index in [9.17, 15) is 4.79 Å². The Morgan fingerprint density at radius 3 is 2.33 bits per heavy atom. The van der Waals surface area contributed by atoms with Crippen molar-refractivity contribution in [2.24, 2.45) is 5.41 Å². The summed E-state index contributed by atoms with van der Waals surface area (Å²) in [6.45, 7) is 4.50. The highest BCUT2D eigenvalue weighted by Gasteiger charge is 2.42. The molecule has 0 saturated heterocycles. The number of ether oxygens (including phenoxy) is 2. The Hall–Kier alpha value is -1.69. The molecule has 1 aromatic rings. The van der Waals surface area contributed by atoms with Crippen LogP contribution in [0.15, 0.2) is 6.20 Å². The zero-order chi connectivity index (χ0) is 15.7. The van der Waals surface area contributed by atoms with Crippen molar-refractivity contribution in [3.63, 3.8) is 0 Å². The first kappa shape index (κ1) is 15.7. The molecule has 1 aromatic heterocycles. The fourth-order valence-corrected chi connectivity index (χ4v) is 2.73. The normalized spacial score (nSPS) is 20.0. The van der Waals surface area contributed by atoms with E-state index in [0.29, 0.717) is 11.2 Å². The Labute approximate surface area is 125 Å². The van der Waals surface area contributed by atoms with Crippen molar-refractivity contribution in [3.8, 4) is 0 Å². The van der Waals surface area contributed by atoms with Gasteiger partial charge in [-0.15, -0.1) is 0 Å². The summed E-state index contributed by atoms with van der Waals surface area (Å²) >= 11 is 0. The molecule has 0 spiro atoms. The number of nitrogens with two attached hydrogens (primary N) is 1. The van der Waals surface area contributed by atoms with Crippen LogP contribution in [0, 0.1) is 5.41 Å². The average molecular weight is 293 g/mol. The second-order valence-corrected chi connectivity index (χ2v) is 6.35. The fraction of sp³-hybridized carbons (Fsp3) is 0.667. The summed E-state index contributed by atoms with van der Waals surface area (Å²) in [5, 5.41) is 0. The Kier molecular flexibility index (Phi) is 4.18. The molecular weight excluding hydrogens is 270 g/mol. The van der Waals surface area contributed by atoms with Crippen molar-refractivity contribution in [2.75, 3.05) is 20.0 Å². The van der Waals surface area contributed by atoms with Gasteiger partial charge in [0, 0.05) is 13.3 Å². The standard InChI is InChI=1S/C15H23N3O3/c1-14(2)5-7-15(21-4,8-6-14)13-17-9-10(11(16)18-13)12(19)20-3/h9H,5-8H2,1-4H3,(H2,16,17,18). The predicted octanol–water partition coefficient (Wildman–Crippen LogP) is 2.29. The zero-order valence-corrected chi connectivity index (χ0v) is 13.1. The van der Waals surface area contributed by atoms with Gasteiger partial charge < -0.3 is 15.2 Å². The lowest BCUT2D eigenvalue weighted by Crippen LogP contribution is -2.38. The van der Waals surface area contributed by atoms with E-state index >= 15 is 0 Å². The van der Waals surface area contributed by atoms with Gasteiger partial charge in [0.25, 0.3) is 0 Å². The first-order valence-corrected chi connectivity index (χ1v) is 7.10. The van der Waals surface area contributed by atoms with Crippen LogP contribution in [0.5, 0.6) is 0 Å². The summed E-state index contributed by atoms with van der Waals surface area (Å²) in [4.78, 5) is 20.1. The molecule has 21 heavy (non-hydrogen) atoms. The van der Waals surface area contributed by atoms with Crippen LogP contribution >= 0.6 is 0 Å². The summed E-state index contributed by atoms with van der Waals surface area (Å²) in [6, 6.07) is 0. The van der Waals surface area contributed by atoms with E-state index in [-0.39, 0.29) is 11.4 Å². The minimum Gasteiger partial charge on any atom is -0.465 e. The van der Waals surface area contributed by atoms with Gasteiger partial charge in [-0.3, -0.25) is 0 Å². The zero-order valence-electron chi connectivity index (χ0n) is 13.1. The Bertz CT molecular complexity index is 533. The van der Waals surface area contributed by atoms with E-state index in [1.807, 2.05) is 0 Å². The highest BCUT2D eigenvalue weighted by atomic mass is 16.5. The number of hydrogen-bond acceptors (Lipinski definition) is 6. The second kappa shape index (κ2) is 5.60. The van der Waals surface area contributed by atoms with E-state index in [4.69, 9.17) is 10.5 Å². The lowest BCUT2D eigenvalue weighted by Gasteiger charge is -2.41. The highest BCUT2D eigenvalue weighted by Crippen LogP contribution is 2.46. The molecule has 2 N–H and O–H groups in total. The van der Waals surface area contributed by atoms with Gasteiger partial charge >= 0.3 is 5.97 Å². The number of carbonyl (C=O) groups is 1. The number of nitrogens with zero attached hydrogens (tertiary/aromatic N) is 2. The Balaban J connectivity index is 2.32. The number of anilines is 1. The maximum absolute atomic E-state index is 11.5. The van der Waals surface area contributed by atoms with E-state index in [0.717, 1.165) is 25.7 Å². The van der Waals surface area contributed by atoms with E-state index in [1.165, 1.54) is 13.3 Å². The van der Waals surface area contributed by atoms with Crippen LogP contribution < -0.4 is 5.73 Å². The third-order valence-electron chi connectivity index (χ3n) is 4.43. The summed E-state index contributed by atoms with van der Waals surface area (Å²) in [6.07, 6.45) is 5.16. The molecule has 0 aliphatic heterocycles. The molecule has 1 saturated carbocycles. The van der Waals surface area contributed by atoms with Crippen molar-refractivity contribution in [1.29, 1.82) is 0 Å². The lowest BCUT2D eigenvalue weighted by atomic mass is 9.70. The molecule has 1 aliphatic carbocycles. The van der Waals surface area contributed by atoms with Crippen molar-refractivity contribution >= 4 is 11.8 Å². The SMILES string of the molecule is COC(=O)c1cnc(C2(OC)CCC(C)(C)CC2)nc1N. The molecule has 0 amide bonds. The highest BCUT2D eigenvalue weighted by molar-refractivity contribution is 5.93. The minimum atomic E-state index is -0.532. The summed E-state index contributed by atoms with van der Waals surface area (Å²) < 4.78 is 10.4. The molecule has 1 heterocycles. The van der Waals surface area contributed by atoms with Gasteiger partial charge in [0.2, 0.25) is 0 Å². The monoisotopic (exact) mass is 293 g/mol. The topological polar surface area (TPSA) is 87.3 Å². The van der Waals surface area contributed by atoms with Gasteiger partial charge in [-0.25, -0.2) is 14.8 Å². The van der Waals surface area contributed by atoms with Gasteiger partial charge in [0.15, 0.2) is 5.82 Å². The Morgan fingerprint density at radius 2 is 1.86 bits per heavy atom. The number of nitrogen functional groups attached to an aromatic ring is 1. The fourth-order valence-electron chi connectivity index (χ4n) is 2.73. The van der Waals surface area contributed by atoms with Gasteiger partial charge in [-0.05, 0) is 31.1 Å². The molecule has 6 nitrogen and oxygen atoms in total. The largest absolute Gasteiger partial charge is 0.465 e. The van der Waals surface area contributed by atoms with E-state index in [1.54, 1.807) is 7.11 Å². The summed E-state index contributed by atoms with van der Waals surface area (Å²) in [5.74, 6) is 0.147. The van der Waals surface area contributed by atoms with Gasteiger partial charge in [-0.2, -0.15) is 0 Å². The van der Waals surface area contributed by atoms with Crippen molar-refractivity contribution in [3.05, 3.63) is 17.6 Å². The molecule has 6 heteroatoms. The van der Waals surface area contributed by atoms with Crippen molar-refractivity contribution in [2.45, 2.75) is 45.1 Å². The van der Waals surface area contributed by atoms with Crippen LogP contribution in [0.2, 0.25) is 0 Å². The third-order valence-corrected chi connectivity index (χ3v) is 4.43. The first-order chi connectivity index (χ1) is 9.83. The number of carbonyl (C=O) groups excluding carboxylic acids is 1. The number of hydrogen-bond donors (Lipinski definition) is 1. The maximum atomic E-state index is 11.5. The van der Waals surface area contributed by atoms with Crippen LogP contribution in [-0.4, -0.2) is 30.2 Å². The predicted molar refractivity (Wildman–Crippen MR) is 78.7 cm³/mol. The molecule has 0 aromatic carbocycles. The van der Waals surface area contributed by atoms with Crippen LogP contribution in [0.1, 0.15) is 55.7 Å². The molecule has 0 bridgehead atoms. The third kappa shape index (κ3) is 3.00. The van der Waals surface area contributed by atoms with Gasteiger partial charge in [0.05, 0.1) is 7.11 Å². The van der Waals surface area contributed by atoms with Gasteiger partial charge in [-0.1, -0.05) is 13.8 Å². The molecule has 2 rings (SSSR count). The van der Waals surface area contributed by atoms with E-state index in [2.05, 4.69) is 28.6 Å². The Morgan fingerprint density at radius 1 is 1.24 bits per heavy atom. The van der Waals surface area contributed by atoms with Gasteiger partial charge in [0.1, 0.15) is 17.0 Å². The molecule has 1 aliphatic rings. The average Bonchev–Trinajstić information content (AvgIpc) is 2.47. The maximum Gasteiger partial charge on any atom is 0.343 e. The number of aromatic nitrogens is 2. The molecule has 0 unspecified atom stereocenters. The van der Waals surface area contributed by atoms with Crippen molar-refractivity contribution in [1.82, 2.24) is 9.97 Å². The molecular formula is C15H23N3O3. The quantitative estimate of drug-likeness (QED) is 0.860. The smallest absolute Gasteiger partial charge is 0.343 e. The van der Waals surface area contributed by atoms with Crippen LogP contribution in [0.4, 0.5) is 5.82 Å². The first-order valence-electron chi connectivity index (χ1n) is 7.10. The van der Waals surface area contributed by atoms with Crippen LogP contribution in [-0.2, 0) is 15.1 Å². The molecule has 116 valence electrons. The number of rotatable bonds is 3. The number of methoxy groups -OCH3 is 2. The lowest BCUT2D eigenvalue weighted by molar-refractivity contribution is -0.0728. The van der Waals surface area contributed by atoms with Crippen LogP contribution in [0.3, 0.4) is 0 Å². The molecule has 0 atom stereocenters. The second-order valence-electron chi connectivity index (χ2n) is 6.35. The summed E-state index contributed by atoms with van der Waals surface area (Å²) in [5.41, 5.74) is 5.84.